The zero-order chi connectivity index (χ0) is 23.4. The van der Waals surface area contributed by atoms with Crippen molar-refractivity contribution in [1.29, 1.82) is 0 Å². The van der Waals surface area contributed by atoms with Crippen LogP contribution < -0.4 is 0 Å². The molecule has 0 radical (unpaired) electrons. The van der Waals surface area contributed by atoms with Crippen LogP contribution in [0.3, 0.4) is 0 Å². The van der Waals surface area contributed by atoms with Crippen LogP contribution in [0.5, 0.6) is 0 Å². The number of ketones is 2. The van der Waals surface area contributed by atoms with E-state index in [-0.39, 0.29) is 18.8 Å². The molecule has 1 saturated heterocycles. The Morgan fingerprint density at radius 2 is 1.97 bits per heavy atom. The van der Waals surface area contributed by atoms with Crippen LogP contribution in [-0.4, -0.2) is 34.0 Å². The van der Waals surface area contributed by atoms with E-state index in [4.69, 9.17) is 21.1 Å². The highest BCUT2D eigenvalue weighted by molar-refractivity contribution is 6.32. The molecule has 1 aliphatic heterocycles. The van der Waals surface area contributed by atoms with E-state index in [1.807, 2.05) is 30.3 Å². The van der Waals surface area contributed by atoms with Gasteiger partial charge in [0.25, 0.3) is 0 Å². The van der Waals surface area contributed by atoms with E-state index >= 15 is 0 Å². The van der Waals surface area contributed by atoms with Crippen LogP contribution in [0, 0.1) is 28.6 Å². The number of ether oxygens (including phenoxy) is 2. The van der Waals surface area contributed by atoms with Crippen molar-refractivity contribution >= 4 is 35.1 Å². The fourth-order valence-corrected chi connectivity index (χ4v) is 7.94. The molecular formula is C26H23ClO6. The summed E-state index contributed by atoms with van der Waals surface area (Å²) in [5.41, 5.74) is -2.89. The van der Waals surface area contributed by atoms with Crippen molar-refractivity contribution in [1.82, 2.24) is 0 Å². The zero-order valence-corrected chi connectivity index (χ0v) is 18.9. The number of benzene rings is 1. The van der Waals surface area contributed by atoms with Crippen molar-refractivity contribution < 1.29 is 28.7 Å². The zero-order valence-electron chi connectivity index (χ0n) is 18.1. The third-order valence-corrected chi connectivity index (χ3v) is 9.53. The fraction of sp³-hybridized carbons (Fsp3) is 0.462. The molecule has 6 rings (SSSR count). The molecule has 7 heteroatoms. The molecule has 0 amide bonds. The van der Waals surface area contributed by atoms with Gasteiger partial charge in [0, 0.05) is 17.4 Å². The summed E-state index contributed by atoms with van der Waals surface area (Å²) in [5.74, 6) is -4.28. The molecule has 4 bridgehead atoms. The second-order valence-corrected chi connectivity index (χ2v) is 11.0. The number of Topliss-reactive ketones (excluding diaryl/α,β-unsaturated/α-hetero) is 1. The number of rotatable bonds is 3. The van der Waals surface area contributed by atoms with Crippen LogP contribution in [0.1, 0.15) is 31.7 Å². The largest absolute Gasteiger partial charge is 0.461 e. The van der Waals surface area contributed by atoms with Crippen LogP contribution in [0.2, 0.25) is 0 Å². The second-order valence-electron chi connectivity index (χ2n) is 10.3. The van der Waals surface area contributed by atoms with Gasteiger partial charge in [-0.15, -0.1) is 11.6 Å². The van der Waals surface area contributed by atoms with Crippen LogP contribution in [0.25, 0.3) is 0 Å². The van der Waals surface area contributed by atoms with E-state index in [2.05, 4.69) is 6.58 Å². The summed E-state index contributed by atoms with van der Waals surface area (Å²) in [5, 5.41) is 0. The molecule has 0 N–H and O–H groups in total. The lowest BCUT2D eigenvalue weighted by molar-refractivity contribution is -0.165. The first-order valence-electron chi connectivity index (χ1n) is 11.2. The van der Waals surface area contributed by atoms with Crippen LogP contribution in [0.15, 0.2) is 54.6 Å². The molecule has 1 heterocycles. The Morgan fingerprint density at radius 1 is 1.24 bits per heavy atom. The molecule has 170 valence electrons. The first kappa shape index (κ1) is 20.8. The summed E-state index contributed by atoms with van der Waals surface area (Å²) >= 11 is 6.87. The van der Waals surface area contributed by atoms with E-state index in [1.165, 1.54) is 13.0 Å². The number of esters is 2. The molecule has 0 aromatic heterocycles. The van der Waals surface area contributed by atoms with Gasteiger partial charge < -0.3 is 9.47 Å². The fourth-order valence-electron chi connectivity index (χ4n) is 7.52. The van der Waals surface area contributed by atoms with E-state index in [1.54, 1.807) is 6.08 Å². The maximum Gasteiger partial charge on any atom is 0.321 e. The van der Waals surface area contributed by atoms with Crippen LogP contribution in [0.4, 0.5) is 0 Å². The van der Waals surface area contributed by atoms with Gasteiger partial charge in [0.15, 0.2) is 11.6 Å². The van der Waals surface area contributed by atoms with Crippen molar-refractivity contribution in [2.45, 2.75) is 43.3 Å². The lowest BCUT2D eigenvalue weighted by Crippen LogP contribution is -2.50. The molecule has 4 fully saturated rings. The van der Waals surface area contributed by atoms with Crippen molar-refractivity contribution in [3.8, 4) is 0 Å². The molecule has 1 spiro atoms. The predicted octanol–water partition coefficient (Wildman–Crippen LogP) is 3.32. The van der Waals surface area contributed by atoms with Crippen molar-refractivity contribution in [3.05, 3.63) is 60.2 Å². The minimum Gasteiger partial charge on any atom is -0.461 e. The molecule has 4 aliphatic carbocycles. The Kier molecular flexibility index (Phi) is 3.94. The molecule has 6 nitrogen and oxygen atoms in total. The number of allylic oxidation sites excluding steroid dienone is 2. The Balaban J connectivity index is 1.51. The van der Waals surface area contributed by atoms with Gasteiger partial charge in [-0.2, -0.15) is 0 Å². The van der Waals surface area contributed by atoms with Gasteiger partial charge in [-0.1, -0.05) is 36.9 Å². The normalized spacial score (nSPS) is 44.5. The Morgan fingerprint density at radius 3 is 2.70 bits per heavy atom. The molecule has 0 unspecified atom stereocenters. The van der Waals surface area contributed by atoms with Gasteiger partial charge in [0.05, 0.1) is 16.2 Å². The van der Waals surface area contributed by atoms with Crippen molar-refractivity contribution in [2.75, 3.05) is 0 Å². The number of hydrogen-bond acceptors (Lipinski definition) is 6. The standard InChI is InChI=1S/C26H23ClO6/c1-14-20(29)25-13-24(14,27)10-8-16(25)26-11-9-17(28)23(2,22(31)33-26)19(26)18(25)21(30)32-12-15-6-4-3-5-7-15/h3-7,9,11,16,18-19H,1,8,10,12-13H2,2H3/t16-,18-,19-,23+,24+,25-,26-/m1/s1. The minimum absolute atomic E-state index is 0.0209. The van der Waals surface area contributed by atoms with Crippen molar-refractivity contribution in [2.24, 2.45) is 28.6 Å². The highest BCUT2D eigenvalue weighted by Crippen LogP contribution is 2.76. The maximum absolute atomic E-state index is 13.8. The summed E-state index contributed by atoms with van der Waals surface area (Å²) in [7, 11) is 0. The van der Waals surface area contributed by atoms with Gasteiger partial charge >= 0.3 is 11.9 Å². The molecule has 33 heavy (non-hydrogen) atoms. The van der Waals surface area contributed by atoms with Gasteiger partial charge in [0.2, 0.25) is 0 Å². The highest BCUT2D eigenvalue weighted by Gasteiger charge is 2.86. The topological polar surface area (TPSA) is 86.7 Å². The average molecular weight is 467 g/mol. The van der Waals surface area contributed by atoms with E-state index in [0.29, 0.717) is 18.4 Å². The monoisotopic (exact) mass is 466 g/mol. The van der Waals surface area contributed by atoms with E-state index in [9.17, 15) is 19.2 Å². The lowest BCUT2D eigenvalue weighted by atomic mass is 9.61. The minimum atomic E-state index is -1.56. The second kappa shape index (κ2) is 6.23. The lowest BCUT2D eigenvalue weighted by Gasteiger charge is -2.42. The summed E-state index contributed by atoms with van der Waals surface area (Å²) in [6.45, 7) is 5.54. The summed E-state index contributed by atoms with van der Waals surface area (Å²) in [6.07, 6.45) is 4.18. The Labute approximate surface area is 195 Å². The smallest absolute Gasteiger partial charge is 0.321 e. The third-order valence-electron chi connectivity index (χ3n) is 8.98. The maximum atomic E-state index is 13.8. The van der Waals surface area contributed by atoms with Gasteiger partial charge in [-0.25, -0.2) is 0 Å². The van der Waals surface area contributed by atoms with Crippen LogP contribution >= 0.6 is 11.6 Å². The number of carbonyl (C=O) groups excluding carboxylic acids is 4. The van der Waals surface area contributed by atoms with Gasteiger partial charge in [0.1, 0.15) is 17.6 Å². The molecule has 3 saturated carbocycles. The molecular weight excluding hydrogens is 444 g/mol. The van der Waals surface area contributed by atoms with Crippen LogP contribution in [-0.2, 0) is 35.3 Å². The first-order valence-corrected chi connectivity index (χ1v) is 11.6. The van der Waals surface area contributed by atoms with Gasteiger partial charge in [-0.3, -0.25) is 19.2 Å². The number of fused-ring (bicyclic) bond motifs is 1. The van der Waals surface area contributed by atoms with Crippen molar-refractivity contribution in [3.63, 3.8) is 0 Å². The summed E-state index contributed by atoms with van der Waals surface area (Å²) in [4.78, 5) is 52.8. The first-order chi connectivity index (χ1) is 15.6. The SMILES string of the molecule is C=C1C(=O)[C@]23C[C@@]1(Cl)CC[C@H]2[C@@]12C=CC(=O)[C@](C)(C(=O)O1)[C@H]2[C@@H]3C(=O)OCc1ccccc1. The average Bonchev–Trinajstić information content (AvgIpc) is 3.21. The summed E-state index contributed by atoms with van der Waals surface area (Å²) < 4.78 is 11.7. The number of alkyl halides is 1. The molecule has 1 aromatic rings. The Hall–Kier alpha value is -2.73. The van der Waals surface area contributed by atoms with Gasteiger partial charge in [-0.05, 0) is 43.9 Å². The van der Waals surface area contributed by atoms with E-state index in [0.717, 1.165) is 5.56 Å². The number of hydrogen-bond donors (Lipinski definition) is 0. The third kappa shape index (κ3) is 2.21. The quantitative estimate of drug-likeness (QED) is 0.294. The molecule has 5 aliphatic rings. The Bertz CT molecular complexity index is 1190. The summed E-state index contributed by atoms with van der Waals surface area (Å²) in [6, 6.07) is 9.22. The predicted molar refractivity (Wildman–Crippen MR) is 117 cm³/mol. The highest BCUT2D eigenvalue weighted by atomic mass is 35.5. The molecule has 1 aromatic carbocycles. The van der Waals surface area contributed by atoms with E-state index < -0.39 is 56.8 Å². The molecule has 7 atom stereocenters. The number of halogens is 1. The number of carbonyl (C=O) groups is 4.